The molecule has 2 aromatic heterocycles. The summed E-state index contributed by atoms with van der Waals surface area (Å²) < 4.78 is 10.8. The van der Waals surface area contributed by atoms with Crippen LogP contribution in [0.1, 0.15) is 34.5 Å². The Labute approximate surface area is 158 Å². The molecule has 7 heteroatoms. The third-order valence-electron chi connectivity index (χ3n) is 4.34. The van der Waals surface area contributed by atoms with E-state index in [2.05, 4.69) is 20.3 Å². The van der Waals surface area contributed by atoms with Crippen LogP contribution in [0.2, 0.25) is 0 Å². The first-order valence-electron chi connectivity index (χ1n) is 8.87. The van der Waals surface area contributed by atoms with E-state index >= 15 is 0 Å². The largest absolute Gasteiger partial charge is 0.497 e. The maximum Gasteiger partial charge on any atom is 0.184 e. The Bertz CT molecular complexity index is 965. The Morgan fingerprint density at radius 3 is 2.85 bits per heavy atom. The van der Waals surface area contributed by atoms with Gasteiger partial charge in [0.1, 0.15) is 11.6 Å². The van der Waals surface area contributed by atoms with E-state index in [1.165, 1.54) is 0 Å². The van der Waals surface area contributed by atoms with Gasteiger partial charge in [-0.15, -0.1) is 0 Å². The molecule has 1 aromatic carbocycles. The summed E-state index contributed by atoms with van der Waals surface area (Å²) in [4.78, 5) is 24.8. The van der Waals surface area contributed by atoms with Crippen LogP contribution in [0.3, 0.4) is 0 Å². The van der Waals surface area contributed by atoms with Crippen molar-refractivity contribution in [3.05, 3.63) is 47.2 Å². The lowest BCUT2D eigenvalue weighted by Crippen LogP contribution is -2.17. The van der Waals surface area contributed by atoms with E-state index < -0.39 is 0 Å². The molecule has 2 heterocycles. The van der Waals surface area contributed by atoms with Crippen LogP contribution in [-0.2, 0) is 11.3 Å². The van der Waals surface area contributed by atoms with Crippen LogP contribution < -0.4 is 10.1 Å². The number of H-pyrrole nitrogens is 1. The predicted octanol–water partition coefficient (Wildman–Crippen LogP) is 3.41. The Hall–Kier alpha value is -2.93. The van der Waals surface area contributed by atoms with Gasteiger partial charge in [0.25, 0.3) is 0 Å². The molecule has 0 radical (unpaired) electrons. The monoisotopic (exact) mass is 368 g/mol. The number of hydrogen-bond acceptors (Lipinski definition) is 6. The number of aryl methyl sites for hydroxylation is 2. The number of benzene rings is 1. The summed E-state index contributed by atoms with van der Waals surface area (Å²) in [7, 11) is 1.61. The van der Waals surface area contributed by atoms with Crippen molar-refractivity contribution in [2.45, 2.75) is 27.4 Å². The molecule has 0 unspecified atom stereocenters. The zero-order valence-corrected chi connectivity index (χ0v) is 16.0. The fourth-order valence-corrected chi connectivity index (χ4v) is 3.03. The molecule has 0 amide bonds. The lowest BCUT2D eigenvalue weighted by molar-refractivity contribution is 0.101. The van der Waals surface area contributed by atoms with Crippen LogP contribution in [0.25, 0.3) is 10.9 Å². The average molecular weight is 368 g/mol. The van der Waals surface area contributed by atoms with Crippen LogP contribution in [0.15, 0.2) is 24.4 Å². The van der Waals surface area contributed by atoms with Gasteiger partial charge in [-0.1, -0.05) is 0 Å². The van der Waals surface area contributed by atoms with Crippen molar-refractivity contribution in [1.29, 1.82) is 0 Å². The van der Waals surface area contributed by atoms with Crippen LogP contribution in [0, 0.1) is 13.8 Å². The summed E-state index contributed by atoms with van der Waals surface area (Å²) >= 11 is 0. The minimum absolute atomic E-state index is 0.0186. The van der Waals surface area contributed by atoms with E-state index in [0.717, 1.165) is 28.0 Å². The minimum atomic E-state index is -0.0186. The lowest BCUT2D eigenvalue weighted by atomic mass is 10.1. The van der Waals surface area contributed by atoms with Crippen molar-refractivity contribution < 1.29 is 14.3 Å². The number of Topliss-reactive ketones (excluding diaryl/α,β-unsaturated/α-hetero) is 1. The molecule has 0 aliphatic rings. The van der Waals surface area contributed by atoms with Gasteiger partial charge in [0.2, 0.25) is 0 Å². The number of hydrogen-bond donors (Lipinski definition) is 2. The second-order valence-electron chi connectivity index (χ2n) is 6.23. The highest BCUT2D eigenvalue weighted by Gasteiger charge is 2.17. The summed E-state index contributed by atoms with van der Waals surface area (Å²) in [6.45, 7) is 6.76. The zero-order valence-electron chi connectivity index (χ0n) is 16.0. The summed E-state index contributed by atoms with van der Waals surface area (Å²) in [5.74, 6) is 1.37. The summed E-state index contributed by atoms with van der Waals surface area (Å²) in [5.41, 5.74) is 3.86. The molecule has 0 bridgehead atoms. The van der Waals surface area contributed by atoms with Gasteiger partial charge in [-0.3, -0.25) is 4.79 Å². The maximum atomic E-state index is 12.9. The number of carbonyl (C=O) groups excluding carboxylic acids is 1. The number of fused-ring (bicyclic) bond motifs is 1. The number of ether oxygens (including phenoxy) is 2. The number of anilines is 1. The molecule has 3 rings (SSSR count). The number of nitrogens with zero attached hydrogens (tertiary/aromatic N) is 2. The number of aromatic nitrogens is 3. The maximum absolute atomic E-state index is 12.9. The van der Waals surface area contributed by atoms with Gasteiger partial charge in [-0.05, 0) is 39.0 Å². The van der Waals surface area contributed by atoms with Crippen LogP contribution in [-0.4, -0.2) is 41.0 Å². The van der Waals surface area contributed by atoms with Gasteiger partial charge in [0.15, 0.2) is 5.78 Å². The number of nitrogens with one attached hydrogen (secondary N) is 2. The standard InChI is InChI=1S/C20H24N4O3/c1-5-27-11-18-17(9-21-13(3)24-18)22-10-19(25)20-12(2)23-16-7-6-14(26-4)8-15(16)20/h6-9,22-23H,5,10-11H2,1-4H3. The molecule has 0 saturated heterocycles. The highest BCUT2D eigenvalue weighted by molar-refractivity contribution is 6.11. The first-order valence-corrected chi connectivity index (χ1v) is 8.87. The molecular weight excluding hydrogens is 344 g/mol. The molecule has 27 heavy (non-hydrogen) atoms. The van der Waals surface area contributed by atoms with Gasteiger partial charge < -0.3 is 19.8 Å². The van der Waals surface area contributed by atoms with Gasteiger partial charge in [0, 0.05) is 28.8 Å². The van der Waals surface area contributed by atoms with E-state index in [1.807, 2.05) is 39.0 Å². The molecule has 0 aliphatic heterocycles. The topological polar surface area (TPSA) is 89.1 Å². The molecule has 0 spiro atoms. The average Bonchev–Trinajstić information content (AvgIpc) is 3.00. The summed E-state index contributed by atoms with van der Waals surface area (Å²) in [6, 6.07) is 5.66. The Morgan fingerprint density at radius 1 is 1.30 bits per heavy atom. The first kappa shape index (κ1) is 18.8. The third kappa shape index (κ3) is 4.09. The van der Waals surface area contributed by atoms with E-state index in [-0.39, 0.29) is 12.3 Å². The van der Waals surface area contributed by atoms with Crippen molar-refractivity contribution in [3.63, 3.8) is 0 Å². The van der Waals surface area contributed by atoms with E-state index in [4.69, 9.17) is 9.47 Å². The van der Waals surface area contributed by atoms with Crippen LogP contribution >= 0.6 is 0 Å². The van der Waals surface area contributed by atoms with Gasteiger partial charge in [-0.2, -0.15) is 0 Å². The summed E-state index contributed by atoms with van der Waals surface area (Å²) in [5, 5.41) is 4.01. The highest BCUT2D eigenvalue weighted by atomic mass is 16.5. The number of aromatic amines is 1. The molecule has 142 valence electrons. The molecule has 0 saturated carbocycles. The smallest absolute Gasteiger partial charge is 0.184 e. The lowest BCUT2D eigenvalue weighted by Gasteiger charge is -2.11. The molecule has 7 nitrogen and oxygen atoms in total. The normalized spacial score (nSPS) is 11.0. The number of methoxy groups -OCH3 is 1. The van der Waals surface area contributed by atoms with Gasteiger partial charge in [-0.25, -0.2) is 9.97 Å². The fraction of sp³-hybridized carbons (Fsp3) is 0.350. The molecule has 0 aliphatic carbocycles. The molecule has 0 atom stereocenters. The van der Waals surface area contributed by atoms with Crippen molar-refractivity contribution in [3.8, 4) is 5.75 Å². The minimum Gasteiger partial charge on any atom is -0.497 e. The molecule has 3 aromatic rings. The third-order valence-corrected chi connectivity index (χ3v) is 4.34. The first-order chi connectivity index (χ1) is 13.0. The second kappa shape index (κ2) is 8.18. The second-order valence-corrected chi connectivity index (χ2v) is 6.23. The Balaban J connectivity index is 1.83. The molecular formula is C20H24N4O3. The summed E-state index contributed by atoms with van der Waals surface area (Å²) in [6.07, 6.45) is 1.69. The number of ketones is 1. The van der Waals surface area contributed by atoms with E-state index in [1.54, 1.807) is 13.3 Å². The van der Waals surface area contributed by atoms with Crippen LogP contribution in [0.4, 0.5) is 5.69 Å². The Kier molecular flexibility index (Phi) is 5.71. The highest BCUT2D eigenvalue weighted by Crippen LogP contribution is 2.27. The van der Waals surface area contributed by atoms with Crippen molar-refractivity contribution in [2.24, 2.45) is 0 Å². The SMILES string of the molecule is CCOCc1nc(C)ncc1NCC(=O)c1c(C)[nH]c2ccc(OC)cc12. The fourth-order valence-electron chi connectivity index (χ4n) is 3.03. The van der Waals surface area contributed by atoms with Crippen molar-refractivity contribution in [2.75, 3.05) is 25.6 Å². The van der Waals surface area contributed by atoms with Crippen molar-refractivity contribution >= 4 is 22.4 Å². The molecule has 2 N–H and O–H groups in total. The van der Waals surface area contributed by atoms with Gasteiger partial charge in [0.05, 0.1) is 37.8 Å². The Morgan fingerprint density at radius 2 is 2.11 bits per heavy atom. The van der Waals surface area contributed by atoms with Crippen LogP contribution in [0.5, 0.6) is 5.75 Å². The van der Waals surface area contributed by atoms with E-state index in [9.17, 15) is 4.79 Å². The predicted molar refractivity (Wildman–Crippen MR) is 105 cm³/mol. The quantitative estimate of drug-likeness (QED) is 0.592. The van der Waals surface area contributed by atoms with Crippen molar-refractivity contribution in [1.82, 2.24) is 15.0 Å². The zero-order chi connectivity index (χ0) is 19.4. The molecule has 0 fully saturated rings. The number of rotatable bonds is 8. The van der Waals surface area contributed by atoms with E-state index in [0.29, 0.717) is 30.3 Å². The number of carbonyl (C=O) groups is 1. The van der Waals surface area contributed by atoms with Gasteiger partial charge >= 0.3 is 0 Å².